The maximum Gasteiger partial charge on any atom is 0.196 e. The van der Waals surface area contributed by atoms with Gasteiger partial charge in [0.2, 0.25) is 0 Å². The molecule has 0 aromatic rings. The van der Waals surface area contributed by atoms with Gasteiger partial charge in [0.05, 0.1) is 17.1 Å². The number of ether oxygens (including phenoxy) is 1. The van der Waals surface area contributed by atoms with Gasteiger partial charge in [-0.2, -0.15) is 0 Å². The molecule has 0 amide bonds. The molecule has 3 heteroatoms. The van der Waals surface area contributed by atoms with E-state index in [1.807, 2.05) is 0 Å². The molecular weight excluding hydrogens is 241 g/mol. The Balaban J connectivity index is 2.54. The van der Waals surface area contributed by atoms with E-state index in [4.69, 9.17) is 4.74 Å². The highest BCUT2D eigenvalue weighted by atomic mass is 127. The lowest BCUT2D eigenvalue weighted by Gasteiger charge is -2.01. The van der Waals surface area contributed by atoms with E-state index in [2.05, 4.69) is 34.5 Å². The Labute approximate surface area is 75.2 Å². The number of halogens is 1. The maximum atomic E-state index is 5.10. The first-order valence-corrected chi connectivity index (χ1v) is 4.78. The van der Waals surface area contributed by atoms with Gasteiger partial charge >= 0.3 is 0 Å². The Morgan fingerprint density at radius 3 is 2.80 bits per heavy atom. The summed E-state index contributed by atoms with van der Waals surface area (Å²) in [5.41, 5.74) is 0. The summed E-state index contributed by atoms with van der Waals surface area (Å²) >= 11 is 2.38. The van der Waals surface area contributed by atoms with E-state index in [0.717, 1.165) is 18.7 Å². The van der Waals surface area contributed by atoms with Crippen molar-refractivity contribution in [2.45, 2.75) is 29.7 Å². The van der Waals surface area contributed by atoms with Crippen LogP contribution in [0.2, 0.25) is 0 Å². The van der Waals surface area contributed by atoms with Gasteiger partial charge < -0.3 is 4.74 Å². The molecule has 0 saturated heterocycles. The number of methoxy groups -OCH3 is 1. The zero-order chi connectivity index (χ0) is 7.56. The van der Waals surface area contributed by atoms with Gasteiger partial charge in [-0.05, 0) is 12.8 Å². The van der Waals surface area contributed by atoms with Crippen LogP contribution in [0.3, 0.4) is 0 Å². The van der Waals surface area contributed by atoms with Gasteiger partial charge in [-0.1, -0.05) is 29.5 Å². The molecule has 1 aliphatic rings. The van der Waals surface area contributed by atoms with Crippen molar-refractivity contribution in [2.75, 3.05) is 7.11 Å². The van der Waals surface area contributed by atoms with Crippen molar-refractivity contribution in [1.29, 1.82) is 0 Å². The van der Waals surface area contributed by atoms with E-state index in [1.54, 1.807) is 7.11 Å². The monoisotopic (exact) mass is 253 g/mol. The third kappa shape index (κ3) is 1.62. The van der Waals surface area contributed by atoms with Crippen LogP contribution in [0.4, 0.5) is 0 Å². The summed E-state index contributed by atoms with van der Waals surface area (Å²) in [5, 5.41) is 0. The topological polar surface area (TPSA) is 21.6 Å². The SMILES string of the molecule is CCC1CC(I)C(OC)=N1. The van der Waals surface area contributed by atoms with E-state index in [9.17, 15) is 0 Å². The van der Waals surface area contributed by atoms with Gasteiger partial charge in [-0.15, -0.1) is 0 Å². The number of rotatable bonds is 1. The molecule has 1 aliphatic heterocycles. The lowest BCUT2D eigenvalue weighted by atomic mass is 10.2. The minimum absolute atomic E-state index is 0.507. The molecular formula is C7H12INO. The number of alkyl halides is 1. The highest BCUT2D eigenvalue weighted by Crippen LogP contribution is 2.23. The van der Waals surface area contributed by atoms with Crippen LogP contribution in [-0.4, -0.2) is 23.0 Å². The van der Waals surface area contributed by atoms with Crippen molar-refractivity contribution in [3.63, 3.8) is 0 Å². The highest BCUT2D eigenvalue weighted by molar-refractivity contribution is 14.1. The van der Waals surface area contributed by atoms with Gasteiger partial charge in [0.25, 0.3) is 0 Å². The molecule has 10 heavy (non-hydrogen) atoms. The zero-order valence-corrected chi connectivity index (χ0v) is 8.46. The number of aliphatic imine (C=N–C) groups is 1. The fraction of sp³-hybridized carbons (Fsp3) is 0.857. The summed E-state index contributed by atoms with van der Waals surface area (Å²) in [6, 6.07) is 0.511. The van der Waals surface area contributed by atoms with E-state index in [-0.39, 0.29) is 0 Å². The van der Waals surface area contributed by atoms with Crippen molar-refractivity contribution in [3.05, 3.63) is 0 Å². The molecule has 0 aromatic carbocycles. The standard InChI is InChI=1S/C7H12INO/c1-3-5-4-6(8)7(9-5)10-2/h5-6H,3-4H2,1-2H3. The van der Waals surface area contributed by atoms with Gasteiger partial charge in [0.15, 0.2) is 5.90 Å². The minimum atomic E-state index is 0.507. The Kier molecular flexibility index (Phi) is 2.95. The smallest absolute Gasteiger partial charge is 0.196 e. The first-order chi connectivity index (χ1) is 4.77. The molecule has 0 fully saturated rings. The van der Waals surface area contributed by atoms with Crippen molar-refractivity contribution in [2.24, 2.45) is 4.99 Å². The fourth-order valence-electron chi connectivity index (χ4n) is 1.09. The van der Waals surface area contributed by atoms with Gasteiger partial charge in [0, 0.05) is 0 Å². The lowest BCUT2D eigenvalue weighted by Crippen LogP contribution is -2.10. The number of hydrogen-bond acceptors (Lipinski definition) is 2. The Hall–Kier alpha value is 0.200. The quantitative estimate of drug-likeness (QED) is 0.517. The fourth-order valence-corrected chi connectivity index (χ4v) is 2.09. The third-order valence-electron chi connectivity index (χ3n) is 1.74. The summed E-state index contributed by atoms with van der Waals surface area (Å²) in [6.07, 6.45) is 2.28. The van der Waals surface area contributed by atoms with Gasteiger partial charge in [-0.25, -0.2) is 0 Å². The summed E-state index contributed by atoms with van der Waals surface area (Å²) in [4.78, 5) is 4.39. The Morgan fingerprint density at radius 2 is 2.50 bits per heavy atom. The molecule has 2 atom stereocenters. The van der Waals surface area contributed by atoms with Gasteiger partial charge in [-0.3, -0.25) is 4.99 Å². The van der Waals surface area contributed by atoms with Crippen LogP contribution in [0.1, 0.15) is 19.8 Å². The molecule has 2 unspecified atom stereocenters. The first-order valence-electron chi connectivity index (χ1n) is 3.53. The molecule has 1 rings (SSSR count). The maximum absolute atomic E-state index is 5.10. The minimum Gasteiger partial charge on any atom is -0.484 e. The van der Waals surface area contributed by atoms with Crippen LogP contribution in [0.15, 0.2) is 4.99 Å². The summed E-state index contributed by atoms with van der Waals surface area (Å²) in [7, 11) is 1.70. The average Bonchev–Trinajstić information content (AvgIpc) is 2.30. The van der Waals surface area contributed by atoms with Gasteiger partial charge in [0.1, 0.15) is 0 Å². The van der Waals surface area contributed by atoms with E-state index < -0.39 is 0 Å². The second-order valence-electron chi connectivity index (χ2n) is 2.44. The molecule has 0 aliphatic carbocycles. The predicted molar refractivity (Wildman–Crippen MR) is 50.9 cm³/mol. The average molecular weight is 253 g/mol. The molecule has 1 heterocycles. The molecule has 0 aromatic heterocycles. The summed E-state index contributed by atoms with van der Waals surface area (Å²) in [6.45, 7) is 2.16. The van der Waals surface area contributed by atoms with Crippen LogP contribution >= 0.6 is 22.6 Å². The van der Waals surface area contributed by atoms with E-state index in [0.29, 0.717) is 9.97 Å². The molecule has 0 radical (unpaired) electrons. The second-order valence-corrected chi connectivity index (χ2v) is 3.94. The number of hydrogen-bond donors (Lipinski definition) is 0. The van der Waals surface area contributed by atoms with Crippen LogP contribution in [-0.2, 0) is 4.74 Å². The van der Waals surface area contributed by atoms with E-state index >= 15 is 0 Å². The first kappa shape index (κ1) is 8.30. The molecule has 0 bridgehead atoms. The zero-order valence-electron chi connectivity index (χ0n) is 6.30. The van der Waals surface area contributed by atoms with Crippen molar-refractivity contribution >= 4 is 28.5 Å². The van der Waals surface area contributed by atoms with Crippen molar-refractivity contribution in [3.8, 4) is 0 Å². The Morgan fingerprint density at radius 1 is 1.80 bits per heavy atom. The van der Waals surface area contributed by atoms with Crippen LogP contribution in [0, 0.1) is 0 Å². The van der Waals surface area contributed by atoms with Crippen molar-refractivity contribution in [1.82, 2.24) is 0 Å². The molecule has 0 spiro atoms. The number of nitrogens with zero attached hydrogens (tertiary/aromatic N) is 1. The second kappa shape index (κ2) is 3.55. The predicted octanol–water partition coefficient (Wildman–Crippen LogP) is 2.02. The Bertz CT molecular complexity index is 147. The molecule has 2 nitrogen and oxygen atoms in total. The van der Waals surface area contributed by atoms with E-state index in [1.165, 1.54) is 0 Å². The molecule has 58 valence electrons. The molecule has 0 saturated carbocycles. The highest BCUT2D eigenvalue weighted by Gasteiger charge is 2.25. The molecule has 0 N–H and O–H groups in total. The normalized spacial score (nSPS) is 32.1. The summed E-state index contributed by atoms with van der Waals surface area (Å²) < 4.78 is 5.60. The van der Waals surface area contributed by atoms with Crippen LogP contribution in [0.5, 0.6) is 0 Å². The van der Waals surface area contributed by atoms with Crippen LogP contribution in [0.25, 0.3) is 0 Å². The largest absolute Gasteiger partial charge is 0.484 e. The third-order valence-corrected chi connectivity index (χ3v) is 2.78. The summed E-state index contributed by atoms with van der Waals surface area (Å²) in [5.74, 6) is 0.924. The van der Waals surface area contributed by atoms with Crippen LogP contribution < -0.4 is 0 Å². The lowest BCUT2D eigenvalue weighted by molar-refractivity contribution is 0.397. The van der Waals surface area contributed by atoms with Crippen molar-refractivity contribution < 1.29 is 4.74 Å².